The number of hydrogen-bond donors (Lipinski definition) is 3. The van der Waals surface area contributed by atoms with Gasteiger partial charge in [0, 0.05) is 17.6 Å². The number of halogens is 1. The highest BCUT2D eigenvalue weighted by Crippen LogP contribution is 2.42. The van der Waals surface area contributed by atoms with Crippen LogP contribution in [0.5, 0.6) is 5.75 Å². The lowest BCUT2D eigenvalue weighted by Gasteiger charge is -2.32. The molecule has 0 unspecified atom stereocenters. The molecule has 1 aliphatic heterocycles. The first kappa shape index (κ1) is 24.0. The zero-order valence-corrected chi connectivity index (χ0v) is 20.9. The summed E-state index contributed by atoms with van der Waals surface area (Å²) in [6, 6.07) is 5.76. The van der Waals surface area contributed by atoms with Crippen LogP contribution in [-0.2, 0) is 15.4 Å². The fourth-order valence-electron chi connectivity index (χ4n) is 4.69. The molecule has 0 spiro atoms. The molecule has 1 aliphatic carbocycles. The van der Waals surface area contributed by atoms with Crippen LogP contribution in [0.25, 0.3) is 0 Å². The van der Waals surface area contributed by atoms with Gasteiger partial charge in [-0.2, -0.15) is 4.98 Å². The second-order valence-electron chi connectivity index (χ2n) is 9.57. The molecule has 8 nitrogen and oxygen atoms in total. The largest absolute Gasteiger partial charge is 0.491 e. The Bertz CT molecular complexity index is 1110. The normalized spacial score (nSPS) is 22.5. The zero-order chi connectivity index (χ0) is 23.6. The van der Waals surface area contributed by atoms with Gasteiger partial charge in [0.25, 0.3) is 0 Å². The number of nitrogens with one attached hydrogen (secondary N) is 3. The van der Waals surface area contributed by atoms with Gasteiger partial charge < -0.3 is 15.4 Å². The third-order valence-corrected chi connectivity index (χ3v) is 7.39. The molecule has 1 aromatic carbocycles. The van der Waals surface area contributed by atoms with Gasteiger partial charge in [-0.05, 0) is 37.2 Å². The van der Waals surface area contributed by atoms with Crippen molar-refractivity contribution in [3.8, 4) is 5.75 Å². The van der Waals surface area contributed by atoms with E-state index in [4.69, 9.17) is 16.3 Å². The van der Waals surface area contributed by atoms with Gasteiger partial charge in [-0.1, -0.05) is 50.4 Å². The quantitative estimate of drug-likeness (QED) is 0.540. The van der Waals surface area contributed by atoms with E-state index in [1.165, 1.54) is 6.26 Å². The average Bonchev–Trinajstić information content (AvgIpc) is 2.90. The van der Waals surface area contributed by atoms with Crippen molar-refractivity contribution in [2.75, 3.05) is 23.5 Å². The van der Waals surface area contributed by atoms with Crippen molar-refractivity contribution in [3.05, 3.63) is 35.0 Å². The third-order valence-electron chi connectivity index (χ3n) is 6.38. The van der Waals surface area contributed by atoms with Crippen LogP contribution in [0.1, 0.15) is 57.9 Å². The molecule has 4 rings (SSSR count). The number of nitrogens with zero attached hydrogens (tertiary/aromatic N) is 2. The van der Waals surface area contributed by atoms with Gasteiger partial charge in [0.15, 0.2) is 5.82 Å². The van der Waals surface area contributed by atoms with Crippen LogP contribution in [0, 0.1) is 0 Å². The first-order chi connectivity index (χ1) is 15.6. The van der Waals surface area contributed by atoms with Gasteiger partial charge in [0.2, 0.25) is 16.0 Å². The summed E-state index contributed by atoms with van der Waals surface area (Å²) >= 11 is 6.39. The highest BCUT2D eigenvalue weighted by molar-refractivity contribution is 7.88. The number of benzene rings is 1. The van der Waals surface area contributed by atoms with Crippen molar-refractivity contribution in [2.45, 2.75) is 69.9 Å². The van der Waals surface area contributed by atoms with E-state index in [1.54, 1.807) is 6.20 Å². The topological polar surface area (TPSA) is 105 Å². The van der Waals surface area contributed by atoms with Crippen LogP contribution in [0.3, 0.4) is 0 Å². The Hall–Kier alpha value is -2.10. The van der Waals surface area contributed by atoms with Crippen LogP contribution in [0.15, 0.2) is 24.4 Å². The highest BCUT2D eigenvalue weighted by atomic mass is 35.5. The van der Waals surface area contributed by atoms with Gasteiger partial charge in [-0.3, -0.25) is 0 Å². The Labute approximate surface area is 200 Å². The van der Waals surface area contributed by atoms with Crippen molar-refractivity contribution in [1.29, 1.82) is 0 Å². The van der Waals surface area contributed by atoms with Gasteiger partial charge in [-0.25, -0.2) is 18.1 Å². The minimum atomic E-state index is -3.31. The summed E-state index contributed by atoms with van der Waals surface area (Å²) in [4.78, 5) is 8.96. The van der Waals surface area contributed by atoms with Crippen molar-refractivity contribution in [3.63, 3.8) is 0 Å². The maximum atomic E-state index is 11.8. The molecule has 0 radical (unpaired) electrons. The standard InChI is InChI=1S/C23H32ClN5O3S/c1-23(2)12-7-13-32-20-15(23)8-6-11-19(20)27-22-25-14-16(24)21(28-22)26-17-9-4-5-10-18(17)29-33(3,30)31/h6,8,11,14,17-18,29H,4-5,7,9-10,12-13H2,1-3H3,(H2,25,26,27,28)/t17-,18-/m1/s1. The average molecular weight is 494 g/mol. The molecule has 0 bridgehead atoms. The summed E-state index contributed by atoms with van der Waals surface area (Å²) in [5.41, 5.74) is 1.99. The summed E-state index contributed by atoms with van der Waals surface area (Å²) in [6.07, 6.45) is 8.36. The number of fused-ring (bicyclic) bond motifs is 1. The summed E-state index contributed by atoms with van der Waals surface area (Å²) in [5.74, 6) is 1.70. The van der Waals surface area contributed by atoms with Gasteiger partial charge in [0.1, 0.15) is 10.8 Å². The molecule has 0 amide bonds. The maximum absolute atomic E-state index is 11.8. The number of sulfonamides is 1. The predicted molar refractivity (Wildman–Crippen MR) is 132 cm³/mol. The molecule has 2 heterocycles. The molecule has 0 saturated heterocycles. The third kappa shape index (κ3) is 5.88. The molecular weight excluding hydrogens is 462 g/mol. The number of ether oxygens (including phenoxy) is 1. The van der Waals surface area contributed by atoms with E-state index in [0.29, 0.717) is 23.4 Å². The van der Waals surface area contributed by atoms with Crippen molar-refractivity contribution in [2.24, 2.45) is 0 Å². The van der Waals surface area contributed by atoms with Gasteiger partial charge in [0.05, 0.1) is 24.7 Å². The lowest BCUT2D eigenvalue weighted by molar-refractivity contribution is 0.315. The molecule has 33 heavy (non-hydrogen) atoms. The Morgan fingerprint density at radius 2 is 1.91 bits per heavy atom. The number of aromatic nitrogens is 2. The minimum Gasteiger partial charge on any atom is -0.491 e. The van der Waals surface area contributed by atoms with Crippen LogP contribution in [-0.4, -0.2) is 43.3 Å². The summed E-state index contributed by atoms with van der Waals surface area (Å²) < 4.78 is 32.4. The fourth-order valence-corrected chi connectivity index (χ4v) is 5.67. The van der Waals surface area contributed by atoms with Crippen LogP contribution in [0.4, 0.5) is 17.5 Å². The molecule has 3 N–H and O–H groups in total. The highest BCUT2D eigenvalue weighted by Gasteiger charge is 2.30. The first-order valence-corrected chi connectivity index (χ1v) is 13.7. The Morgan fingerprint density at radius 1 is 1.15 bits per heavy atom. The number of hydrogen-bond acceptors (Lipinski definition) is 7. The molecular formula is C23H32ClN5O3S. The zero-order valence-electron chi connectivity index (χ0n) is 19.3. The van der Waals surface area contributed by atoms with E-state index in [-0.39, 0.29) is 17.5 Å². The fraction of sp³-hybridized carbons (Fsp3) is 0.565. The summed E-state index contributed by atoms with van der Waals surface area (Å²) in [5, 5.41) is 7.03. The van der Waals surface area contributed by atoms with Crippen molar-refractivity contribution < 1.29 is 13.2 Å². The van der Waals surface area contributed by atoms with E-state index in [9.17, 15) is 8.42 Å². The molecule has 2 aromatic rings. The van der Waals surface area contributed by atoms with Crippen LogP contribution < -0.4 is 20.1 Å². The first-order valence-electron chi connectivity index (χ1n) is 11.4. The molecule has 1 saturated carbocycles. The lowest BCUT2D eigenvalue weighted by Crippen LogP contribution is -2.48. The second kappa shape index (κ2) is 9.64. The van der Waals surface area contributed by atoms with Gasteiger partial charge in [-0.15, -0.1) is 0 Å². The molecule has 2 atom stereocenters. The number of anilines is 3. The molecule has 1 aromatic heterocycles. The van der Waals surface area contributed by atoms with Crippen molar-refractivity contribution >= 4 is 39.1 Å². The monoisotopic (exact) mass is 493 g/mol. The minimum absolute atomic E-state index is 0.0136. The SMILES string of the molecule is CC1(C)CCCOc2c(Nc3ncc(Cl)c(N[C@@H]4CCCC[C@H]4NS(C)(=O)=O)n3)cccc21. The smallest absolute Gasteiger partial charge is 0.229 e. The number of para-hydroxylation sites is 1. The van der Waals surface area contributed by atoms with E-state index in [2.05, 4.69) is 45.2 Å². The summed E-state index contributed by atoms with van der Waals surface area (Å²) in [6.45, 7) is 5.13. The number of rotatable bonds is 6. The second-order valence-corrected chi connectivity index (χ2v) is 11.8. The predicted octanol–water partition coefficient (Wildman–Crippen LogP) is 4.60. The maximum Gasteiger partial charge on any atom is 0.229 e. The molecule has 1 fully saturated rings. The molecule has 10 heteroatoms. The Kier molecular flexibility index (Phi) is 7.02. The van der Waals surface area contributed by atoms with Crippen LogP contribution in [0.2, 0.25) is 5.02 Å². The van der Waals surface area contributed by atoms with Crippen molar-refractivity contribution in [1.82, 2.24) is 14.7 Å². The van der Waals surface area contributed by atoms with Gasteiger partial charge >= 0.3 is 0 Å². The van der Waals surface area contributed by atoms with E-state index < -0.39 is 10.0 Å². The molecule has 2 aliphatic rings. The van der Waals surface area contributed by atoms with E-state index in [1.807, 2.05) is 12.1 Å². The summed E-state index contributed by atoms with van der Waals surface area (Å²) in [7, 11) is -3.31. The van der Waals surface area contributed by atoms with E-state index >= 15 is 0 Å². The van der Waals surface area contributed by atoms with Crippen LogP contribution >= 0.6 is 11.6 Å². The lowest BCUT2D eigenvalue weighted by atomic mass is 9.80. The van der Waals surface area contributed by atoms with E-state index in [0.717, 1.165) is 55.5 Å². The Balaban J connectivity index is 1.57. The Morgan fingerprint density at radius 3 is 2.67 bits per heavy atom. The molecule has 180 valence electrons.